The molecule has 0 bridgehead atoms. The van der Waals surface area contributed by atoms with E-state index in [1.54, 1.807) is 42.5 Å². The Bertz CT molecular complexity index is 962. The molecule has 0 aliphatic heterocycles. The van der Waals surface area contributed by atoms with E-state index < -0.39 is 10.0 Å². The van der Waals surface area contributed by atoms with Crippen LogP contribution in [0.15, 0.2) is 53.6 Å². The van der Waals surface area contributed by atoms with Gasteiger partial charge in [-0.25, -0.2) is 0 Å². The molecule has 0 atom stereocenters. The van der Waals surface area contributed by atoms with Crippen LogP contribution < -0.4 is 0 Å². The average Bonchev–Trinajstić information content (AvgIpc) is 2.91. The lowest BCUT2D eigenvalue weighted by Crippen LogP contribution is -2.14. The Morgan fingerprint density at radius 1 is 1.14 bits per heavy atom. The summed E-state index contributed by atoms with van der Waals surface area (Å²) in [4.78, 5) is 0.208. The number of terminal acetylenes is 1. The summed E-state index contributed by atoms with van der Waals surface area (Å²) < 4.78 is 26.3. The molecule has 0 fully saturated rings. The lowest BCUT2D eigenvalue weighted by molar-refractivity contribution is 0.582. The number of hydrogen-bond acceptors (Lipinski definition) is 3. The van der Waals surface area contributed by atoms with E-state index in [2.05, 4.69) is 11.0 Å². The van der Waals surface area contributed by atoms with Crippen molar-refractivity contribution in [2.75, 3.05) is 0 Å². The minimum Gasteiger partial charge on any atom is -0.199 e. The van der Waals surface area contributed by atoms with Gasteiger partial charge in [-0.3, -0.25) is 0 Å². The quantitative estimate of drug-likeness (QED) is 0.683. The highest BCUT2D eigenvalue weighted by Gasteiger charge is 2.20. The zero-order valence-corrected chi connectivity index (χ0v) is 12.1. The second-order valence-electron chi connectivity index (χ2n) is 4.72. The van der Waals surface area contributed by atoms with Crippen LogP contribution in [0.4, 0.5) is 0 Å². The van der Waals surface area contributed by atoms with E-state index >= 15 is 0 Å². The van der Waals surface area contributed by atoms with Gasteiger partial charge in [0.15, 0.2) is 0 Å². The van der Waals surface area contributed by atoms with Crippen LogP contribution in [0.5, 0.6) is 0 Å². The second kappa shape index (κ2) is 4.76. The summed E-state index contributed by atoms with van der Waals surface area (Å²) in [5.74, 6) is 2.52. The van der Waals surface area contributed by atoms with Crippen molar-refractivity contribution in [2.45, 2.75) is 11.8 Å². The Morgan fingerprint density at radius 2 is 1.86 bits per heavy atom. The SMILES string of the molecule is C#Cc1ccc2c(cnn2S(=O)(=O)c2ccc(C)cc2)c1. The van der Waals surface area contributed by atoms with Crippen molar-refractivity contribution in [2.24, 2.45) is 0 Å². The molecule has 5 heteroatoms. The normalized spacial score (nSPS) is 11.4. The number of benzene rings is 2. The van der Waals surface area contributed by atoms with E-state index in [1.807, 2.05) is 6.92 Å². The van der Waals surface area contributed by atoms with Crippen molar-refractivity contribution in [3.8, 4) is 12.3 Å². The molecule has 1 heterocycles. The topological polar surface area (TPSA) is 52.0 Å². The van der Waals surface area contributed by atoms with Gasteiger partial charge in [0, 0.05) is 10.9 Å². The Labute approximate surface area is 123 Å². The molecular weight excluding hydrogens is 284 g/mol. The number of aryl methyl sites for hydroxylation is 1. The van der Waals surface area contributed by atoms with Gasteiger partial charge < -0.3 is 0 Å². The van der Waals surface area contributed by atoms with Gasteiger partial charge >= 0.3 is 0 Å². The first-order valence-electron chi connectivity index (χ1n) is 6.29. The van der Waals surface area contributed by atoms with Gasteiger partial charge in [-0.1, -0.05) is 23.6 Å². The number of aromatic nitrogens is 2. The van der Waals surface area contributed by atoms with Gasteiger partial charge in [0.25, 0.3) is 10.0 Å². The minimum atomic E-state index is -3.70. The van der Waals surface area contributed by atoms with Crippen molar-refractivity contribution in [1.29, 1.82) is 0 Å². The van der Waals surface area contributed by atoms with E-state index in [9.17, 15) is 8.42 Å². The molecule has 3 rings (SSSR count). The summed E-state index contributed by atoms with van der Waals surface area (Å²) in [6, 6.07) is 11.8. The van der Waals surface area contributed by atoms with Crippen LogP contribution in [0.2, 0.25) is 0 Å². The molecule has 0 radical (unpaired) electrons. The van der Waals surface area contributed by atoms with Crippen LogP contribution in [-0.4, -0.2) is 17.6 Å². The monoisotopic (exact) mass is 296 g/mol. The third-order valence-electron chi connectivity index (χ3n) is 3.25. The number of fused-ring (bicyclic) bond motifs is 1. The maximum absolute atomic E-state index is 12.6. The summed E-state index contributed by atoms with van der Waals surface area (Å²) >= 11 is 0. The highest BCUT2D eigenvalue weighted by Crippen LogP contribution is 2.21. The lowest BCUT2D eigenvalue weighted by atomic mass is 10.2. The fourth-order valence-corrected chi connectivity index (χ4v) is 3.38. The van der Waals surface area contributed by atoms with Gasteiger partial charge in [-0.05, 0) is 37.3 Å². The maximum atomic E-state index is 12.6. The van der Waals surface area contributed by atoms with E-state index in [0.717, 1.165) is 9.65 Å². The first-order chi connectivity index (χ1) is 10.0. The van der Waals surface area contributed by atoms with E-state index in [1.165, 1.54) is 6.20 Å². The van der Waals surface area contributed by atoms with Crippen molar-refractivity contribution in [3.63, 3.8) is 0 Å². The molecule has 0 unspecified atom stereocenters. The Morgan fingerprint density at radius 3 is 2.52 bits per heavy atom. The predicted octanol–water partition coefficient (Wildman–Crippen LogP) is 2.56. The zero-order valence-electron chi connectivity index (χ0n) is 11.3. The standard InChI is InChI=1S/C16H12N2O2S/c1-3-13-6-9-16-14(10-13)11-17-18(16)21(19,20)15-7-4-12(2)5-8-15/h1,4-11H,2H3. The first kappa shape index (κ1) is 13.4. The first-order valence-corrected chi connectivity index (χ1v) is 7.73. The summed E-state index contributed by atoms with van der Waals surface area (Å²) in [5, 5.41) is 4.70. The van der Waals surface area contributed by atoms with Crippen LogP contribution in [0.3, 0.4) is 0 Å². The fraction of sp³-hybridized carbons (Fsp3) is 0.0625. The van der Waals surface area contributed by atoms with Crippen LogP contribution in [0.25, 0.3) is 10.9 Å². The van der Waals surface area contributed by atoms with E-state index in [0.29, 0.717) is 16.5 Å². The third-order valence-corrected chi connectivity index (χ3v) is 4.86. The Hall–Kier alpha value is -2.58. The molecule has 4 nitrogen and oxygen atoms in total. The molecule has 0 saturated carbocycles. The molecule has 0 amide bonds. The smallest absolute Gasteiger partial charge is 0.199 e. The van der Waals surface area contributed by atoms with Crippen molar-refractivity contribution in [1.82, 2.24) is 9.19 Å². The minimum absolute atomic E-state index is 0.208. The summed E-state index contributed by atoms with van der Waals surface area (Å²) in [5.41, 5.74) is 2.20. The van der Waals surface area contributed by atoms with Gasteiger partial charge in [-0.15, -0.1) is 6.42 Å². The molecule has 104 valence electrons. The van der Waals surface area contributed by atoms with Gasteiger partial charge in [0.05, 0.1) is 16.6 Å². The fourth-order valence-electron chi connectivity index (χ4n) is 2.10. The number of rotatable bonds is 2. The molecule has 21 heavy (non-hydrogen) atoms. The lowest BCUT2D eigenvalue weighted by Gasteiger charge is -2.06. The predicted molar refractivity (Wildman–Crippen MR) is 81.4 cm³/mol. The third kappa shape index (κ3) is 2.20. The number of hydrogen-bond donors (Lipinski definition) is 0. The van der Waals surface area contributed by atoms with Gasteiger partial charge in [-0.2, -0.15) is 17.6 Å². The molecule has 0 N–H and O–H groups in total. The summed E-state index contributed by atoms with van der Waals surface area (Å²) in [6.07, 6.45) is 6.85. The van der Waals surface area contributed by atoms with Crippen LogP contribution in [0, 0.1) is 19.3 Å². The molecule has 0 aliphatic rings. The molecule has 2 aromatic carbocycles. The average molecular weight is 296 g/mol. The Balaban J connectivity index is 2.20. The van der Waals surface area contributed by atoms with Crippen molar-refractivity contribution in [3.05, 3.63) is 59.8 Å². The van der Waals surface area contributed by atoms with Crippen molar-refractivity contribution < 1.29 is 8.42 Å². The van der Waals surface area contributed by atoms with Gasteiger partial charge in [0.2, 0.25) is 0 Å². The van der Waals surface area contributed by atoms with Crippen LogP contribution >= 0.6 is 0 Å². The van der Waals surface area contributed by atoms with Crippen LogP contribution in [-0.2, 0) is 10.0 Å². The zero-order chi connectivity index (χ0) is 15.0. The maximum Gasteiger partial charge on any atom is 0.283 e. The Kier molecular flexibility index (Phi) is 3.04. The summed E-state index contributed by atoms with van der Waals surface area (Å²) in [7, 11) is -3.70. The highest BCUT2D eigenvalue weighted by atomic mass is 32.2. The summed E-state index contributed by atoms with van der Waals surface area (Å²) in [6.45, 7) is 1.90. The molecule has 3 aromatic rings. The molecule has 1 aromatic heterocycles. The van der Waals surface area contributed by atoms with E-state index in [-0.39, 0.29) is 4.90 Å². The molecule has 0 saturated heterocycles. The second-order valence-corrected chi connectivity index (χ2v) is 6.49. The molecule has 0 aliphatic carbocycles. The van der Waals surface area contributed by atoms with Crippen LogP contribution in [0.1, 0.15) is 11.1 Å². The van der Waals surface area contributed by atoms with Gasteiger partial charge in [0.1, 0.15) is 0 Å². The molecule has 0 spiro atoms. The number of nitrogens with zero attached hydrogens (tertiary/aromatic N) is 2. The van der Waals surface area contributed by atoms with Crippen molar-refractivity contribution >= 4 is 20.9 Å². The molecular formula is C16H12N2O2S. The van der Waals surface area contributed by atoms with E-state index in [4.69, 9.17) is 6.42 Å². The largest absolute Gasteiger partial charge is 0.283 e. The highest BCUT2D eigenvalue weighted by molar-refractivity contribution is 7.90.